The lowest BCUT2D eigenvalue weighted by molar-refractivity contribution is 0.0542. The van der Waals surface area contributed by atoms with Gasteiger partial charge in [-0.15, -0.1) is 0 Å². The maximum Gasteiger partial charge on any atom is 0.272 e. The van der Waals surface area contributed by atoms with Crippen LogP contribution in [0.5, 0.6) is 0 Å². The van der Waals surface area contributed by atoms with E-state index in [1.807, 2.05) is 11.0 Å². The molecule has 5 heteroatoms. The van der Waals surface area contributed by atoms with Crippen LogP contribution in [0.2, 0.25) is 0 Å². The van der Waals surface area contributed by atoms with Gasteiger partial charge < -0.3 is 9.88 Å². The molecule has 0 bridgehead atoms. The lowest BCUT2D eigenvalue weighted by Crippen LogP contribution is -2.54. The molecule has 2 aromatic rings. The molecule has 1 saturated heterocycles. The first kappa shape index (κ1) is 13.8. The zero-order valence-electron chi connectivity index (χ0n) is 12.2. The normalized spacial score (nSPS) is 19.7. The van der Waals surface area contributed by atoms with Crippen molar-refractivity contribution in [1.29, 1.82) is 0 Å². The van der Waals surface area contributed by atoms with Gasteiger partial charge in [-0.2, -0.15) is 0 Å². The number of imidazole rings is 1. The lowest BCUT2D eigenvalue weighted by Gasteiger charge is -2.39. The van der Waals surface area contributed by atoms with E-state index in [1.165, 1.54) is 5.56 Å². The second-order valence-electron chi connectivity index (χ2n) is 5.54. The Balaban J connectivity index is 1.68. The highest BCUT2D eigenvalue weighted by Gasteiger charge is 2.28. The van der Waals surface area contributed by atoms with Crippen LogP contribution in [-0.2, 0) is 6.42 Å². The summed E-state index contributed by atoms with van der Waals surface area (Å²) in [7, 11) is 2.13. The largest absolute Gasteiger partial charge is 0.341 e. The van der Waals surface area contributed by atoms with Gasteiger partial charge in [0.25, 0.3) is 5.91 Å². The van der Waals surface area contributed by atoms with Crippen LogP contribution >= 0.6 is 0 Å². The number of benzene rings is 1. The quantitative estimate of drug-likeness (QED) is 0.927. The van der Waals surface area contributed by atoms with Gasteiger partial charge in [0.05, 0.1) is 12.5 Å². The van der Waals surface area contributed by atoms with Crippen LogP contribution in [0, 0.1) is 0 Å². The van der Waals surface area contributed by atoms with E-state index in [0.29, 0.717) is 11.7 Å². The van der Waals surface area contributed by atoms with Crippen LogP contribution < -0.4 is 0 Å². The van der Waals surface area contributed by atoms with Crippen molar-refractivity contribution in [3.8, 4) is 0 Å². The standard InChI is InChI=1S/C16H20N4O/c1-19-7-8-20(16(21)15-10-17-12-18-15)11-14(19)9-13-5-3-2-4-6-13/h2-6,10,12,14H,7-9,11H2,1H3,(H,17,18). The summed E-state index contributed by atoms with van der Waals surface area (Å²) >= 11 is 0. The number of nitrogens with one attached hydrogen (secondary N) is 1. The minimum absolute atomic E-state index is 0.0404. The zero-order valence-corrected chi connectivity index (χ0v) is 12.2. The van der Waals surface area contributed by atoms with Crippen LogP contribution in [0.15, 0.2) is 42.9 Å². The molecule has 1 fully saturated rings. The van der Waals surface area contributed by atoms with E-state index in [9.17, 15) is 4.79 Å². The van der Waals surface area contributed by atoms with Crippen molar-refractivity contribution >= 4 is 5.91 Å². The fraction of sp³-hybridized carbons (Fsp3) is 0.375. The Labute approximate surface area is 124 Å². The zero-order chi connectivity index (χ0) is 14.7. The molecular weight excluding hydrogens is 264 g/mol. The summed E-state index contributed by atoms with van der Waals surface area (Å²) in [5.41, 5.74) is 1.88. The fourth-order valence-electron chi connectivity index (χ4n) is 2.78. The van der Waals surface area contributed by atoms with Crippen molar-refractivity contribution < 1.29 is 4.79 Å². The average Bonchev–Trinajstić information content (AvgIpc) is 3.04. The van der Waals surface area contributed by atoms with Gasteiger partial charge in [0.1, 0.15) is 5.69 Å². The Morgan fingerprint density at radius 3 is 2.86 bits per heavy atom. The van der Waals surface area contributed by atoms with Gasteiger partial charge in [-0.05, 0) is 19.0 Å². The molecule has 1 unspecified atom stereocenters. The average molecular weight is 284 g/mol. The van der Waals surface area contributed by atoms with E-state index in [-0.39, 0.29) is 5.91 Å². The molecule has 5 nitrogen and oxygen atoms in total. The van der Waals surface area contributed by atoms with Crippen LogP contribution in [0.1, 0.15) is 16.1 Å². The van der Waals surface area contributed by atoms with Crippen molar-refractivity contribution in [3.63, 3.8) is 0 Å². The summed E-state index contributed by atoms with van der Waals surface area (Å²) in [6, 6.07) is 10.8. The number of likely N-dealkylation sites (N-methyl/N-ethyl adjacent to an activating group) is 1. The Kier molecular flexibility index (Phi) is 4.01. The number of aromatic amines is 1. The molecule has 1 aliphatic rings. The van der Waals surface area contributed by atoms with Gasteiger partial charge in [-0.1, -0.05) is 30.3 Å². The Bertz CT molecular complexity index is 582. The highest BCUT2D eigenvalue weighted by atomic mass is 16.2. The van der Waals surface area contributed by atoms with Crippen molar-refractivity contribution in [2.75, 3.05) is 26.7 Å². The number of amides is 1. The molecule has 110 valence electrons. The smallest absolute Gasteiger partial charge is 0.272 e. The molecule has 3 rings (SSSR count). The molecular formula is C16H20N4O. The van der Waals surface area contributed by atoms with E-state index >= 15 is 0 Å². The SMILES string of the molecule is CN1CCN(C(=O)c2cnc[nH]2)CC1Cc1ccccc1. The van der Waals surface area contributed by atoms with Gasteiger partial charge in [-0.25, -0.2) is 4.98 Å². The third-order valence-electron chi connectivity index (χ3n) is 4.11. The van der Waals surface area contributed by atoms with Crippen LogP contribution in [-0.4, -0.2) is 58.4 Å². The van der Waals surface area contributed by atoms with Gasteiger partial charge in [0.2, 0.25) is 0 Å². The highest BCUT2D eigenvalue weighted by molar-refractivity contribution is 5.92. The highest BCUT2D eigenvalue weighted by Crippen LogP contribution is 2.15. The summed E-state index contributed by atoms with van der Waals surface area (Å²) in [6.07, 6.45) is 4.10. The molecule has 1 atom stereocenters. The predicted octanol–water partition coefficient (Wildman–Crippen LogP) is 1.41. The number of hydrogen-bond donors (Lipinski definition) is 1. The van der Waals surface area contributed by atoms with Crippen molar-refractivity contribution in [3.05, 3.63) is 54.1 Å². The number of carbonyl (C=O) groups is 1. The van der Waals surface area contributed by atoms with Gasteiger partial charge in [0, 0.05) is 25.7 Å². The first-order valence-electron chi connectivity index (χ1n) is 7.26. The summed E-state index contributed by atoms with van der Waals surface area (Å²) in [5, 5.41) is 0. The second-order valence-corrected chi connectivity index (χ2v) is 5.54. The number of aromatic nitrogens is 2. The minimum Gasteiger partial charge on any atom is -0.341 e. The second kappa shape index (κ2) is 6.10. The van der Waals surface area contributed by atoms with Crippen LogP contribution in [0.4, 0.5) is 0 Å². The van der Waals surface area contributed by atoms with Crippen LogP contribution in [0.3, 0.4) is 0 Å². The number of rotatable bonds is 3. The van der Waals surface area contributed by atoms with Crippen molar-refractivity contribution in [1.82, 2.24) is 19.8 Å². The van der Waals surface area contributed by atoms with Gasteiger partial charge in [-0.3, -0.25) is 9.69 Å². The minimum atomic E-state index is 0.0404. The van der Waals surface area contributed by atoms with Gasteiger partial charge in [0.15, 0.2) is 0 Å². The fourth-order valence-corrected chi connectivity index (χ4v) is 2.78. The molecule has 21 heavy (non-hydrogen) atoms. The maximum absolute atomic E-state index is 12.4. The van der Waals surface area contributed by atoms with E-state index in [0.717, 1.165) is 26.1 Å². The summed E-state index contributed by atoms with van der Waals surface area (Å²) < 4.78 is 0. The summed E-state index contributed by atoms with van der Waals surface area (Å²) in [6.45, 7) is 2.42. The Morgan fingerprint density at radius 1 is 1.33 bits per heavy atom. The Morgan fingerprint density at radius 2 is 2.14 bits per heavy atom. The van der Waals surface area contributed by atoms with Gasteiger partial charge >= 0.3 is 0 Å². The number of carbonyl (C=O) groups excluding carboxylic acids is 1. The number of hydrogen-bond acceptors (Lipinski definition) is 3. The molecule has 1 amide bonds. The van der Waals surface area contributed by atoms with Crippen LogP contribution in [0.25, 0.3) is 0 Å². The molecule has 1 aromatic heterocycles. The molecule has 0 spiro atoms. The molecule has 0 aliphatic carbocycles. The number of piperazine rings is 1. The lowest BCUT2D eigenvalue weighted by atomic mass is 10.0. The number of nitrogens with zero attached hydrogens (tertiary/aromatic N) is 3. The van der Waals surface area contributed by atoms with Crippen molar-refractivity contribution in [2.24, 2.45) is 0 Å². The van der Waals surface area contributed by atoms with E-state index < -0.39 is 0 Å². The summed E-state index contributed by atoms with van der Waals surface area (Å²) in [4.78, 5) is 23.5. The topological polar surface area (TPSA) is 52.2 Å². The number of H-pyrrole nitrogens is 1. The van der Waals surface area contributed by atoms with E-state index in [2.05, 4.69) is 46.2 Å². The third-order valence-corrected chi connectivity index (χ3v) is 4.11. The predicted molar refractivity (Wildman–Crippen MR) is 81.1 cm³/mol. The third kappa shape index (κ3) is 3.13. The molecule has 2 heterocycles. The first-order chi connectivity index (χ1) is 10.2. The van der Waals surface area contributed by atoms with E-state index in [4.69, 9.17) is 0 Å². The molecule has 1 aromatic carbocycles. The van der Waals surface area contributed by atoms with E-state index in [1.54, 1.807) is 12.5 Å². The summed E-state index contributed by atoms with van der Waals surface area (Å²) in [5.74, 6) is 0.0404. The molecule has 1 N–H and O–H groups in total. The Hall–Kier alpha value is -2.14. The maximum atomic E-state index is 12.4. The first-order valence-corrected chi connectivity index (χ1v) is 7.26. The molecule has 1 aliphatic heterocycles. The monoisotopic (exact) mass is 284 g/mol. The molecule has 0 radical (unpaired) electrons. The van der Waals surface area contributed by atoms with Crippen molar-refractivity contribution in [2.45, 2.75) is 12.5 Å². The molecule has 0 saturated carbocycles.